The molecule has 1 aromatic carbocycles. The first-order chi connectivity index (χ1) is 10.3. The fraction of sp³-hybridized carbons (Fsp3) is 0.588. The van der Waals surface area contributed by atoms with Crippen LogP contribution in [0.3, 0.4) is 0 Å². The molecule has 0 heterocycles. The summed E-state index contributed by atoms with van der Waals surface area (Å²) in [5.41, 5.74) is 1.19. The summed E-state index contributed by atoms with van der Waals surface area (Å²) in [7, 11) is 0. The van der Waals surface area contributed by atoms with Crippen molar-refractivity contribution >= 4 is 5.97 Å². The second-order valence-corrected chi connectivity index (χ2v) is 5.48. The van der Waals surface area contributed by atoms with Gasteiger partial charge < -0.3 is 14.8 Å². The molecule has 1 aromatic rings. The highest BCUT2D eigenvalue weighted by Gasteiger charge is 2.17. The number of nitrogens with one attached hydrogen (secondary N) is 1. The summed E-state index contributed by atoms with van der Waals surface area (Å²) in [6.45, 7) is 4.50. The van der Waals surface area contributed by atoms with Crippen LogP contribution in [0.2, 0.25) is 0 Å². The van der Waals surface area contributed by atoms with E-state index in [0.717, 1.165) is 24.8 Å². The molecule has 116 valence electrons. The van der Waals surface area contributed by atoms with Crippen LogP contribution in [-0.2, 0) is 16.1 Å². The van der Waals surface area contributed by atoms with Gasteiger partial charge in [0.05, 0.1) is 19.6 Å². The number of esters is 1. The Morgan fingerprint density at radius 2 is 2.05 bits per heavy atom. The van der Waals surface area contributed by atoms with Gasteiger partial charge >= 0.3 is 5.97 Å². The van der Waals surface area contributed by atoms with Crippen molar-refractivity contribution in [3.8, 4) is 5.75 Å². The van der Waals surface area contributed by atoms with E-state index in [9.17, 15) is 4.79 Å². The zero-order chi connectivity index (χ0) is 14.9. The van der Waals surface area contributed by atoms with Crippen molar-refractivity contribution in [3.63, 3.8) is 0 Å². The van der Waals surface area contributed by atoms with Gasteiger partial charge in [-0.25, -0.2) is 0 Å². The number of carbonyl (C=O) groups excluding carboxylic acids is 1. The molecule has 0 atom stereocenters. The molecule has 2 rings (SSSR count). The predicted molar refractivity (Wildman–Crippen MR) is 82.2 cm³/mol. The van der Waals surface area contributed by atoms with Crippen molar-refractivity contribution in [2.75, 3.05) is 19.8 Å². The fourth-order valence-corrected chi connectivity index (χ4v) is 2.23. The lowest BCUT2D eigenvalue weighted by molar-refractivity contribution is -0.142. The van der Waals surface area contributed by atoms with Gasteiger partial charge in [0.2, 0.25) is 0 Å². The Kier molecular flexibility index (Phi) is 6.54. The normalized spacial score (nSPS) is 14.5. The van der Waals surface area contributed by atoms with Gasteiger partial charge in [-0.2, -0.15) is 0 Å². The smallest absolute Gasteiger partial charge is 0.307 e. The maximum atomic E-state index is 11.2. The maximum absolute atomic E-state index is 11.2. The molecule has 0 aliphatic heterocycles. The second kappa shape index (κ2) is 8.67. The minimum Gasteiger partial charge on any atom is -0.493 e. The quantitative estimate of drug-likeness (QED) is 0.561. The molecule has 0 radical (unpaired) electrons. The largest absolute Gasteiger partial charge is 0.493 e. The van der Waals surface area contributed by atoms with Gasteiger partial charge in [-0.3, -0.25) is 4.79 Å². The van der Waals surface area contributed by atoms with Crippen molar-refractivity contribution in [2.24, 2.45) is 5.92 Å². The summed E-state index contributed by atoms with van der Waals surface area (Å²) < 4.78 is 10.6. The lowest BCUT2D eigenvalue weighted by atomic mass is 9.86. The third-order valence-electron chi connectivity index (χ3n) is 3.77. The first kappa shape index (κ1) is 15.8. The molecule has 1 N–H and O–H groups in total. The van der Waals surface area contributed by atoms with E-state index in [-0.39, 0.29) is 5.97 Å². The minimum atomic E-state index is -0.148. The molecule has 0 spiro atoms. The van der Waals surface area contributed by atoms with E-state index in [4.69, 9.17) is 9.47 Å². The van der Waals surface area contributed by atoms with Crippen molar-refractivity contribution in [1.82, 2.24) is 5.32 Å². The van der Waals surface area contributed by atoms with E-state index >= 15 is 0 Å². The molecular weight excluding hydrogens is 266 g/mol. The van der Waals surface area contributed by atoms with Crippen LogP contribution in [0.5, 0.6) is 5.75 Å². The van der Waals surface area contributed by atoms with Crippen LogP contribution in [0, 0.1) is 5.92 Å². The minimum absolute atomic E-state index is 0.148. The maximum Gasteiger partial charge on any atom is 0.307 e. The van der Waals surface area contributed by atoms with Crippen molar-refractivity contribution in [3.05, 3.63) is 29.8 Å². The molecule has 0 amide bonds. The van der Waals surface area contributed by atoms with Crippen molar-refractivity contribution in [2.45, 2.75) is 39.2 Å². The average Bonchev–Trinajstić information content (AvgIpc) is 2.44. The molecule has 0 unspecified atom stereocenters. The first-order valence-electron chi connectivity index (χ1n) is 7.86. The highest BCUT2D eigenvalue weighted by atomic mass is 16.5. The van der Waals surface area contributed by atoms with Crippen LogP contribution in [0.25, 0.3) is 0 Å². The van der Waals surface area contributed by atoms with Gasteiger partial charge in [0, 0.05) is 13.1 Å². The molecule has 21 heavy (non-hydrogen) atoms. The Morgan fingerprint density at radius 3 is 2.67 bits per heavy atom. The third-order valence-corrected chi connectivity index (χ3v) is 3.77. The zero-order valence-electron chi connectivity index (χ0n) is 12.8. The highest BCUT2D eigenvalue weighted by molar-refractivity contribution is 5.69. The Labute approximate surface area is 126 Å². The van der Waals surface area contributed by atoms with E-state index in [1.165, 1.54) is 24.8 Å². The van der Waals surface area contributed by atoms with Crippen LogP contribution in [0.1, 0.15) is 38.2 Å². The molecule has 0 saturated heterocycles. The fourth-order valence-electron chi connectivity index (χ4n) is 2.23. The molecule has 1 aliphatic carbocycles. The summed E-state index contributed by atoms with van der Waals surface area (Å²) in [5.74, 6) is 1.55. The number of hydrogen-bond donors (Lipinski definition) is 1. The first-order valence-corrected chi connectivity index (χ1v) is 7.86. The number of carbonyl (C=O) groups is 1. The van der Waals surface area contributed by atoms with Crippen molar-refractivity contribution in [1.29, 1.82) is 0 Å². The summed E-state index contributed by atoms with van der Waals surface area (Å²) in [6, 6.07) is 8.16. The standard InChI is InChI=1S/C17H25NO3/c1-2-20-17(19)10-11-18-12-14-6-8-16(9-7-14)21-13-15-4-3-5-15/h6-9,15,18H,2-5,10-13H2,1H3. The van der Waals surface area contributed by atoms with Gasteiger partial charge in [0.25, 0.3) is 0 Å². The van der Waals surface area contributed by atoms with Crippen molar-refractivity contribution < 1.29 is 14.3 Å². The number of rotatable bonds is 9. The number of hydrogen-bond acceptors (Lipinski definition) is 4. The summed E-state index contributed by atoms with van der Waals surface area (Å²) in [4.78, 5) is 11.2. The number of ether oxygens (including phenoxy) is 2. The van der Waals surface area contributed by atoms with E-state index in [1.54, 1.807) is 0 Å². The lowest BCUT2D eigenvalue weighted by Gasteiger charge is -2.25. The van der Waals surface area contributed by atoms with Gasteiger partial charge in [-0.05, 0) is 43.4 Å². The lowest BCUT2D eigenvalue weighted by Crippen LogP contribution is -2.19. The van der Waals surface area contributed by atoms with E-state index in [2.05, 4.69) is 17.4 Å². The Balaban J connectivity index is 1.61. The third kappa shape index (κ3) is 5.76. The van der Waals surface area contributed by atoms with E-state index in [0.29, 0.717) is 19.6 Å². The van der Waals surface area contributed by atoms with Gasteiger partial charge in [0.1, 0.15) is 5.75 Å². The summed E-state index contributed by atoms with van der Waals surface area (Å²) in [5, 5.41) is 3.24. The molecule has 4 heteroatoms. The van der Waals surface area contributed by atoms with E-state index in [1.807, 2.05) is 19.1 Å². The van der Waals surface area contributed by atoms with Crippen LogP contribution in [-0.4, -0.2) is 25.7 Å². The van der Waals surface area contributed by atoms with Gasteiger partial charge in [0.15, 0.2) is 0 Å². The molecule has 1 saturated carbocycles. The molecule has 0 bridgehead atoms. The summed E-state index contributed by atoms with van der Waals surface area (Å²) in [6.07, 6.45) is 4.38. The van der Waals surface area contributed by atoms with Gasteiger partial charge in [-0.15, -0.1) is 0 Å². The second-order valence-electron chi connectivity index (χ2n) is 5.48. The Bertz CT molecular complexity index is 426. The van der Waals surface area contributed by atoms with Crippen LogP contribution >= 0.6 is 0 Å². The Hall–Kier alpha value is -1.55. The monoisotopic (exact) mass is 291 g/mol. The van der Waals surface area contributed by atoms with E-state index < -0.39 is 0 Å². The van der Waals surface area contributed by atoms with Crippen LogP contribution < -0.4 is 10.1 Å². The highest BCUT2D eigenvalue weighted by Crippen LogP contribution is 2.27. The van der Waals surface area contributed by atoms with Crippen LogP contribution in [0.4, 0.5) is 0 Å². The Morgan fingerprint density at radius 1 is 1.29 bits per heavy atom. The summed E-state index contributed by atoms with van der Waals surface area (Å²) >= 11 is 0. The van der Waals surface area contributed by atoms with Gasteiger partial charge in [-0.1, -0.05) is 18.6 Å². The zero-order valence-corrected chi connectivity index (χ0v) is 12.8. The van der Waals surface area contributed by atoms with Crippen LogP contribution in [0.15, 0.2) is 24.3 Å². The molecule has 4 nitrogen and oxygen atoms in total. The predicted octanol–water partition coefficient (Wildman–Crippen LogP) is 2.91. The number of benzene rings is 1. The average molecular weight is 291 g/mol. The molecular formula is C17H25NO3. The molecule has 1 aliphatic rings. The molecule has 1 fully saturated rings. The molecule has 0 aromatic heterocycles. The topological polar surface area (TPSA) is 47.6 Å². The SMILES string of the molecule is CCOC(=O)CCNCc1ccc(OCC2CCC2)cc1.